The zero-order valence-corrected chi connectivity index (χ0v) is 17.7. The first kappa shape index (κ1) is 20.4. The Kier molecular flexibility index (Phi) is 6.04. The van der Waals surface area contributed by atoms with E-state index in [9.17, 15) is 9.59 Å². The summed E-state index contributed by atoms with van der Waals surface area (Å²) >= 11 is 0. The molecule has 2 aromatic rings. The maximum Gasteiger partial charge on any atom is 0.253 e. The number of benzene rings is 2. The van der Waals surface area contributed by atoms with Crippen LogP contribution in [0.2, 0.25) is 0 Å². The van der Waals surface area contributed by atoms with Gasteiger partial charge in [0.25, 0.3) is 11.8 Å². The maximum absolute atomic E-state index is 12.9. The Morgan fingerprint density at radius 1 is 0.933 bits per heavy atom. The molecule has 0 radical (unpaired) electrons. The first-order chi connectivity index (χ1) is 14.5. The smallest absolute Gasteiger partial charge is 0.253 e. The molecule has 2 aromatic carbocycles. The van der Waals surface area contributed by atoms with Gasteiger partial charge in [-0.2, -0.15) is 0 Å². The van der Waals surface area contributed by atoms with E-state index in [4.69, 9.17) is 4.74 Å². The third-order valence-electron chi connectivity index (χ3n) is 5.91. The van der Waals surface area contributed by atoms with Crippen LogP contribution < -0.4 is 4.90 Å². The minimum atomic E-state index is -0.286. The molecule has 0 aromatic heterocycles. The summed E-state index contributed by atoms with van der Waals surface area (Å²) in [6.45, 7) is 2.93. The van der Waals surface area contributed by atoms with E-state index in [1.807, 2.05) is 54.2 Å². The van der Waals surface area contributed by atoms with Crippen molar-refractivity contribution in [2.75, 3.05) is 51.8 Å². The van der Waals surface area contributed by atoms with Crippen LogP contribution in [0.4, 0.5) is 5.69 Å². The molecule has 2 amide bonds. The zero-order valence-electron chi connectivity index (χ0n) is 17.7. The van der Waals surface area contributed by atoms with Gasteiger partial charge in [-0.05, 0) is 48.2 Å². The molecule has 6 nitrogen and oxygen atoms in total. The predicted molar refractivity (Wildman–Crippen MR) is 118 cm³/mol. The molecule has 0 spiro atoms. The van der Waals surface area contributed by atoms with Gasteiger partial charge in [0, 0.05) is 58.1 Å². The molecule has 4 rings (SSSR count). The number of ether oxygens (including phenoxy) is 1. The first-order valence-electron chi connectivity index (χ1n) is 10.6. The molecule has 30 heavy (non-hydrogen) atoms. The molecule has 6 heteroatoms. The van der Waals surface area contributed by atoms with E-state index in [2.05, 4.69) is 23.1 Å². The lowest BCUT2D eigenvalue weighted by molar-refractivity contribution is -0.142. The van der Waals surface area contributed by atoms with Gasteiger partial charge in [-0.3, -0.25) is 9.59 Å². The maximum atomic E-state index is 12.9. The van der Waals surface area contributed by atoms with Crippen LogP contribution in [0.5, 0.6) is 0 Å². The number of hydrogen-bond acceptors (Lipinski definition) is 4. The second-order valence-corrected chi connectivity index (χ2v) is 8.14. The summed E-state index contributed by atoms with van der Waals surface area (Å²) in [5, 5.41) is 0. The number of carbonyl (C=O) groups excluding carboxylic acids is 2. The molecule has 0 bridgehead atoms. The molecule has 2 heterocycles. The quantitative estimate of drug-likeness (QED) is 0.782. The van der Waals surface area contributed by atoms with Crippen LogP contribution in [-0.2, 0) is 9.53 Å². The molecule has 2 fully saturated rings. The normalized spacial score (nSPS) is 19.1. The van der Waals surface area contributed by atoms with E-state index in [0.29, 0.717) is 38.3 Å². The number of amides is 2. The van der Waals surface area contributed by atoms with Crippen LogP contribution >= 0.6 is 0 Å². The minimum Gasteiger partial charge on any atom is -0.378 e. The van der Waals surface area contributed by atoms with E-state index >= 15 is 0 Å². The number of hydrogen-bond donors (Lipinski definition) is 0. The third kappa shape index (κ3) is 4.33. The molecule has 0 saturated carbocycles. The van der Waals surface area contributed by atoms with E-state index < -0.39 is 0 Å². The lowest BCUT2D eigenvalue weighted by Crippen LogP contribution is -2.52. The third-order valence-corrected chi connectivity index (χ3v) is 5.91. The fraction of sp³-hybridized carbons (Fsp3) is 0.417. The highest BCUT2D eigenvalue weighted by Crippen LogP contribution is 2.25. The van der Waals surface area contributed by atoms with Crippen molar-refractivity contribution < 1.29 is 14.3 Å². The van der Waals surface area contributed by atoms with Crippen molar-refractivity contribution >= 4 is 17.5 Å². The molecule has 0 unspecified atom stereocenters. The molecule has 2 aliphatic rings. The average Bonchev–Trinajstić information content (AvgIpc) is 3.33. The summed E-state index contributed by atoms with van der Waals surface area (Å²) in [5.41, 5.74) is 4.04. The summed E-state index contributed by atoms with van der Waals surface area (Å²) in [6.07, 6.45) is 1.47. The van der Waals surface area contributed by atoms with Crippen molar-refractivity contribution in [1.82, 2.24) is 9.80 Å². The van der Waals surface area contributed by atoms with Crippen LogP contribution in [0.1, 0.15) is 23.2 Å². The Bertz CT molecular complexity index is 896. The summed E-state index contributed by atoms with van der Waals surface area (Å²) in [5.74, 6) is 0.0942. The van der Waals surface area contributed by atoms with E-state index in [1.54, 1.807) is 0 Å². The van der Waals surface area contributed by atoms with Gasteiger partial charge >= 0.3 is 0 Å². The number of nitrogens with zero attached hydrogens (tertiary/aromatic N) is 3. The SMILES string of the molecule is CN(C)c1cccc(-c2ccc(C(=O)N3CCN(C(=O)[C@@H]4CCCO4)CC3)cc2)c1. The predicted octanol–water partition coefficient (Wildman–Crippen LogP) is 2.88. The molecule has 0 aliphatic carbocycles. The first-order valence-corrected chi connectivity index (χ1v) is 10.6. The van der Waals surface area contributed by atoms with Crippen molar-refractivity contribution in [3.63, 3.8) is 0 Å². The largest absolute Gasteiger partial charge is 0.378 e. The average molecular weight is 408 g/mol. The fourth-order valence-corrected chi connectivity index (χ4v) is 4.06. The Hall–Kier alpha value is -2.86. The van der Waals surface area contributed by atoms with Crippen LogP contribution in [-0.4, -0.2) is 74.6 Å². The Labute approximate surface area is 178 Å². The Balaban J connectivity index is 1.37. The number of anilines is 1. The van der Waals surface area contributed by atoms with Crippen molar-refractivity contribution in [3.8, 4) is 11.1 Å². The standard InChI is InChI=1S/C24H29N3O3/c1-25(2)21-6-3-5-20(17-21)18-8-10-19(11-9-18)23(28)26-12-14-27(15-13-26)24(29)22-7-4-16-30-22/h3,5-6,8-11,17,22H,4,7,12-16H2,1-2H3/t22-/m0/s1. The molecule has 1 atom stereocenters. The molecule has 0 N–H and O–H groups in total. The highest BCUT2D eigenvalue weighted by molar-refractivity contribution is 5.95. The second-order valence-electron chi connectivity index (χ2n) is 8.14. The second kappa shape index (κ2) is 8.88. The fourth-order valence-electron chi connectivity index (χ4n) is 4.06. The van der Waals surface area contributed by atoms with Gasteiger partial charge in [0.1, 0.15) is 6.10 Å². The zero-order chi connectivity index (χ0) is 21.1. The number of carbonyl (C=O) groups is 2. The van der Waals surface area contributed by atoms with Gasteiger partial charge in [0.15, 0.2) is 0 Å². The van der Waals surface area contributed by atoms with Gasteiger partial charge in [0.05, 0.1) is 0 Å². The lowest BCUT2D eigenvalue weighted by atomic mass is 10.0. The van der Waals surface area contributed by atoms with Gasteiger partial charge in [-0.15, -0.1) is 0 Å². The summed E-state index contributed by atoms with van der Waals surface area (Å²) < 4.78 is 5.51. The van der Waals surface area contributed by atoms with E-state index in [-0.39, 0.29) is 17.9 Å². The van der Waals surface area contributed by atoms with E-state index in [0.717, 1.165) is 29.7 Å². The molecule has 158 valence electrons. The van der Waals surface area contributed by atoms with Crippen LogP contribution in [0.15, 0.2) is 48.5 Å². The van der Waals surface area contributed by atoms with Crippen LogP contribution in [0.25, 0.3) is 11.1 Å². The minimum absolute atomic E-state index is 0.0211. The summed E-state index contributed by atoms with van der Waals surface area (Å²) in [7, 11) is 4.05. The molecular formula is C24H29N3O3. The highest BCUT2D eigenvalue weighted by Gasteiger charge is 2.31. The van der Waals surface area contributed by atoms with Gasteiger partial charge in [-0.25, -0.2) is 0 Å². The van der Waals surface area contributed by atoms with Crippen molar-refractivity contribution in [2.24, 2.45) is 0 Å². The molecule has 2 aliphatic heterocycles. The summed E-state index contributed by atoms with van der Waals surface area (Å²) in [6, 6.07) is 16.1. The van der Waals surface area contributed by atoms with Crippen molar-refractivity contribution in [2.45, 2.75) is 18.9 Å². The summed E-state index contributed by atoms with van der Waals surface area (Å²) in [4.78, 5) is 31.1. The topological polar surface area (TPSA) is 53.1 Å². The van der Waals surface area contributed by atoms with E-state index in [1.165, 1.54) is 0 Å². The van der Waals surface area contributed by atoms with Gasteiger partial charge in [-0.1, -0.05) is 24.3 Å². The van der Waals surface area contributed by atoms with Crippen LogP contribution in [0, 0.1) is 0 Å². The number of rotatable bonds is 4. The Morgan fingerprint density at radius 3 is 2.27 bits per heavy atom. The Morgan fingerprint density at radius 2 is 1.63 bits per heavy atom. The van der Waals surface area contributed by atoms with Crippen molar-refractivity contribution in [1.29, 1.82) is 0 Å². The van der Waals surface area contributed by atoms with Crippen LogP contribution in [0.3, 0.4) is 0 Å². The van der Waals surface area contributed by atoms with Gasteiger partial charge in [0.2, 0.25) is 0 Å². The monoisotopic (exact) mass is 407 g/mol. The van der Waals surface area contributed by atoms with Gasteiger partial charge < -0.3 is 19.4 Å². The highest BCUT2D eigenvalue weighted by atomic mass is 16.5. The number of piperazine rings is 1. The van der Waals surface area contributed by atoms with Crippen molar-refractivity contribution in [3.05, 3.63) is 54.1 Å². The lowest BCUT2D eigenvalue weighted by Gasteiger charge is -2.35. The molecular weight excluding hydrogens is 378 g/mol. The molecule has 2 saturated heterocycles.